The third-order valence-corrected chi connectivity index (χ3v) is 2.65. The van der Waals surface area contributed by atoms with Crippen LogP contribution < -0.4 is 0 Å². The maximum absolute atomic E-state index is 11.0. The molecule has 2 fully saturated rings. The van der Waals surface area contributed by atoms with Crippen LogP contribution in [0.15, 0.2) is 0 Å². The van der Waals surface area contributed by atoms with Gasteiger partial charge >= 0.3 is 0 Å². The zero-order valence-electron chi connectivity index (χ0n) is 6.49. The minimum atomic E-state index is -0.189. The van der Waals surface area contributed by atoms with Crippen LogP contribution in [0.3, 0.4) is 0 Å². The van der Waals surface area contributed by atoms with Gasteiger partial charge < -0.3 is 5.11 Å². The standard InChI is InChI=1S/C8H13NO2/c10-7-1-2-9-5-8(11)4-6(9)3-7/h6,8,11H,1-5H2. The lowest BCUT2D eigenvalue weighted by atomic mass is 10.0. The highest BCUT2D eigenvalue weighted by atomic mass is 16.3. The van der Waals surface area contributed by atoms with Crippen molar-refractivity contribution in [3.05, 3.63) is 0 Å². The number of ketones is 1. The summed E-state index contributed by atoms with van der Waals surface area (Å²) in [5.41, 5.74) is 0. The molecule has 0 radical (unpaired) electrons. The molecule has 62 valence electrons. The van der Waals surface area contributed by atoms with Crippen molar-refractivity contribution in [2.24, 2.45) is 0 Å². The topological polar surface area (TPSA) is 40.5 Å². The van der Waals surface area contributed by atoms with Crippen LogP contribution in [0.2, 0.25) is 0 Å². The van der Waals surface area contributed by atoms with E-state index in [4.69, 9.17) is 0 Å². The van der Waals surface area contributed by atoms with E-state index in [2.05, 4.69) is 4.90 Å². The maximum Gasteiger partial charge on any atom is 0.135 e. The Hall–Kier alpha value is -0.410. The Morgan fingerprint density at radius 2 is 2.36 bits per heavy atom. The summed E-state index contributed by atoms with van der Waals surface area (Å²) in [5, 5.41) is 9.29. The molecule has 2 unspecified atom stereocenters. The number of hydrogen-bond acceptors (Lipinski definition) is 3. The molecule has 2 aliphatic rings. The van der Waals surface area contributed by atoms with Gasteiger partial charge in [0.25, 0.3) is 0 Å². The van der Waals surface area contributed by atoms with Crippen LogP contribution in [0.4, 0.5) is 0 Å². The summed E-state index contributed by atoms with van der Waals surface area (Å²) in [5.74, 6) is 0.361. The average molecular weight is 155 g/mol. The third-order valence-electron chi connectivity index (χ3n) is 2.65. The molecular weight excluding hydrogens is 142 g/mol. The van der Waals surface area contributed by atoms with E-state index in [1.54, 1.807) is 0 Å². The molecule has 0 aromatic heterocycles. The fraction of sp³-hybridized carbons (Fsp3) is 0.875. The van der Waals surface area contributed by atoms with Crippen molar-refractivity contribution in [3.8, 4) is 0 Å². The van der Waals surface area contributed by atoms with Gasteiger partial charge in [-0.05, 0) is 6.42 Å². The van der Waals surface area contributed by atoms with Crippen LogP contribution in [0.1, 0.15) is 19.3 Å². The van der Waals surface area contributed by atoms with E-state index in [1.807, 2.05) is 0 Å². The van der Waals surface area contributed by atoms with Gasteiger partial charge in [-0.1, -0.05) is 0 Å². The summed E-state index contributed by atoms with van der Waals surface area (Å²) in [4.78, 5) is 13.2. The van der Waals surface area contributed by atoms with E-state index in [-0.39, 0.29) is 6.10 Å². The monoisotopic (exact) mass is 155 g/mol. The molecule has 2 atom stereocenters. The summed E-state index contributed by atoms with van der Waals surface area (Å²) >= 11 is 0. The Balaban J connectivity index is 2.02. The van der Waals surface area contributed by atoms with E-state index in [0.29, 0.717) is 24.7 Å². The van der Waals surface area contributed by atoms with E-state index in [1.165, 1.54) is 0 Å². The lowest BCUT2D eigenvalue weighted by Crippen LogP contribution is -2.38. The number of Topliss-reactive ketones (excluding diaryl/α,β-unsaturated/α-hetero) is 1. The number of fused-ring (bicyclic) bond motifs is 1. The molecule has 2 saturated heterocycles. The van der Waals surface area contributed by atoms with Crippen LogP contribution in [-0.4, -0.2) is 41.0 Å². The second kappa shape index (κ2) is 2.57. The first kappa shape index (κ1) is 7.25. The fourth-order valence-electron chi connectivity index (χ4n) is 2.08. The Kier molecular flexibility index (Phi) is 1.69. The fourth-order valence-corrected chi connectivity index (χ4v) is 2.08. The summed E-state index contributed by atoms with van der Waals surface area (Å²) in [6.07, 6.45) is 1.96. The predicted molar refractivity (Wildman–Crippen MR) is 40.2 cm³/mol. The van der Waals surface area contributed by atoms with Crippen molar-refractivity contribution in [2.45, 2.75) is 31.4 Å². The molecule has 0 bridgehead atoms. The number of hydrogen-bond donors (Lipinski definition) is 1. The van der Waals surface area contributed by atoms with Gasteiger partial charge in [-0.3, -0.25) is 9.69 Å². The van der Waals surface area contributed by atoms with Gasteiger partial charge in [0, 0.05) is 32.0 Å². The summed E-state index contributed by atoms with van der Waals surface area (Å²) in [6, 6.07) is 0.353. The Bertz CT molecular complexity index is 181. The van der Waals surface area contributed by atoms with Crippen molar-refractivity contribution in [2.75, 3.05) is 13.1 Å². The first-order valence-electron chi connectivity index (χ1n) is 4.19. The van der Waals surface area contributed by atoms with E-state index >= 15 is 0 Å². The van der Waals surface area contributed by atoms with Crippen molar-refractivity contribution in [1.82, 2.24) is 4.90 Å². The van der Waals surface area contributed by atoms with Gasteiger partial charge in [-0.25, -0.2) is 0 Å². The lowest BCUT2D eigenvalue weighted by molar-refractivity contribution is -0.122. The predicted octanol–water partition coefficient (Wildman–Crippen LogP) is -0.216. The second-order valence-corrected chi connectivity index (χ2v) is 3.53. The number of carbonyl (C=O) groups is 1. The van der Waals surface area contributed by atoms with Crippen molar-refractivity contribution in [1.29, 1.82) is 0 Å². The quantitative estimate of drug-likeness (QED) is 0.526. The van der Waals surface area contributed by atoms with E-state index < -0.39 is 0 Å². The van der Waals surface area contributed by atoms with Crippen LogP contribution in [0.25, 0.3) is 0 Å². The van der Waals surface area contributed by atoms with E-state index in [9.17, 15) is 9.90 Å². The number of carbonyl (C=O) groups excluding carboxylic acids is 1. The van der Waals surface area contributed by atoms with Gasteiger partial charge in [-0.15, -0.1) is 0 Å². The van der Waals surface area contributed by atoms with Gasteiger partial charge in [0.05, 0.1) is 6.10 Å². The SMILES string of the molecule is O=C1CCN2CC(O)CC2C1. The van der Waals surface area contributed by atoms with Crippen LogP contribution in [-0.2, 0) is 4.79 Å². The van der Waals surface area contributed by atoms with Crippen molar-refractivity contribution >= 4 is 5.78 Å². The molecule has 0 amide bonds. The summed E-state index contributed by atoms with van der Waals surface area (Å²) < 4.78 is 0. The summed E-state index contributed by atoms with van der Waals surface area (Å²) in [6.45, 7) is 1.64. The van der Waals surface area contributed by atoms with Gasteiger partial charge in [0.1, 0.15) is 5.78 Å². The number of aliphatic hydroxyl groups is 1. The molecule has 0 aromatic carbocycles. The first-order chi connectivity index (χ1) is 5.25. The average Bonchev–Trinajstić information content (AvgIpc) is 2.27. The highest BCUT2D eigenvalue weighted by Crippen LogP contribution is 2.24. The minimum Gasteiger partial charge on any atom is -0.392 e. The molecule has 2 aliphatic heterocycles. The van der Waals surface area contributed by atoms with Crippen LogP contribution in [0.5, 0.6) is 0 Å². The molecule has 3 nitrogen and oxygen atoms in total. The number of piperidine rings is 1. The van der Waals surface area contributed by atoms with Gasteiger partial charge in [-0.2, -0.15) is 0 Å². The van der Waals surface area contributed by atoms with Gasteiger partial charge in [0.15, 0.2) is 0 Å². The van der Waals surface area contributed by atoms with Crippen molar-refractivity contribution < 1.29 is 9.90 Å². The molecule has 11 heavy (non-hydrogen) atoms. The van der Waals surface area contributed by atoms with Crippen molar-refractivity contribution in [3.63, 3.8) is 0 Å². The molecule has 0 aromatic rings. The first-order valence-corrected chi connectivity index (χ1v) is 4.19. The lowest BCUT2D eigenvalue weighted by Gasteiger charge is -2.27. The minimum absolute atomic E-state index is 0.189. The smallest absolute Gasteiger partial charge is 0.135 e. The molecule has 3 heteroatoms. The van der Waals surface area contributed by atoms with E-state index in [0.717, 1.165) is 19.5 Å². The Morgan fingerprint density at radius 3 is 3.18 bits per heavy atom. The second-order valence-electron chi connectivity index (χ2n) is 3.53. The highest BCUT2D eigenvalue weighted by molar-refractivity contribution is 5.80. The third kappa shape index (κ3) is 1.30. The number of aliphatic hydroxyl groups excluding tert-OH is 1. The molecule has 1 N–H and O–H groups in total. The zero-order valence-corrected chi connectivity index (χ0v) is 6.49. The number of nitrogens with zero attached hydrogens (tertiary/aromatic N) is 1. The molecule has 2 heterocycles. The van der Waals surface area contributed by atoms with Crippen LogP contribution in [0, 0.1) is 0 Å². The molecule has 0 aliphatic carbocycles. The largest absolute Gasteiger partial charge is 0.392 e. The molecule has 2 rings (SSSR count). The normalized spacial score (nSPS) is 39.2. The summed E-state index contributed by atoms with van der Waals surface area (Å²) in [7, 11) is 0. The zero-order chi connectivity index (χ0) is 7.84. The molecular formula is C8H13NO2. The van der Waals surface area contributed by atoms with Gasteiger partial charge in [0.2, 0.25) is 0 Å². The molecule has 0 spiro atoms. The maximum atomic E-state index is 11.0. The Morgan fingerprint density at radius 1 is 1.55 bits per heavy atom. The van der Waals surface area contributed by atoms with Crippen LogP contribution >= 0.6 is 0 Å². The highest BCUT2D eigenvalue weighted by Gasteiger charge is 2.34. The molecule has 0 saturated carbocycles. The Labute approximate surface area is 66.0 Å². The number of rotatable bonds is 0.